The first-order chi connectivity index (χ1) is 9.60. The summed E-state index contributed by atoms with van der Waals surface area (Å²) in [7, 11) is 0. The van der Waals surface area contributed by atoms with Crippen LogP contribution < -0.4 is 0 Å². The van der Waals surface area contributed by atoms with E-state index < -0.39 is 0 Å². The van der Waals surface area contributed by atoms with Gasteiger partial charge >= 0.3 is 0 Å². The Morgan fingerprint density at radius 1 is 1.40 bits per heavy atom. The monoisotopic (exact) mass is 277 g/mol. The Bertz CT molecular complexity index is 489. The van der Waals surface area contributed by atoms with E-state index in [1.54, 1.807) is 0 Å². The SMILES string of the molecule is CC(C)n1ccc(C(=O)N2CCOC3(CCCC3)C2)n1. The first-order valence-corrected chi connectivity index (χ1v) is 7.58. The summed E-state index contributed by atoms with van der Waals surface area (Å²) < 4.78 is 7.80. The highest BCUT2D eigenvalue weighted by atomic mass is 16.5. The molecule has 0 unspecified atom stereocenters. The van der Waals surface area contributed by atoms with E-state index in [0.29, 0.717) is 18.8 Å². The Hall–Kier alpha value is -1.36. The van der Waals surface area contributed by atoms with Crippen LogP contribution in [0.15, 0.2) is 12.3 Å². The maximum atomic E-state index is 12.6. The quantitative estimate of drug-likeness (QED) is 0.833. The average molecular weight is 277 g/mol. The Morgan fingerprint density at radius 3 is 2.80 bits per heavy atom. The first kappa shape index (κ1) is 13.6. The van der Waals surface area contributed by atoms with Gasteiger partial charge in [-0.05, 0) is 32.8 Å². The fourth-order valence-electron chi connectivity index (χ4n) is 3.24. The molecule has 0 atom stereocenters. The molecule has 1 aliphatic heterocycles. The molecule has 0 aromatic carbocycles. The maximum absolute atomic E-state index is 12.6. The third kappa shape index (κ3) is 2.46. The van der Waals surface area contributed by atoms with Gasteiger partial charge in [0.2, 0.25) is 0 Å². The van der Waals surface area contributed by atoms with Crippen molar-refractivity contribution in [2.24, 2.45) is 0 Å². The fourth-order valence-corrected chi connectivity index (χ4v) is 3.24. The van der Waals surface area contributed by atoms with E-state index in [1.807, 2.05) is 21.8 Å². The van der Waals surface area contributed by atoms with Crippen LogP contribution in [0.1, 0.15) is 56.1 Å². The van der Waals surface area contributed by atoms with Gasteiger partial charge in [-0.3, -0.25) is 9.48 Å². The minimum atomic E-state index is -0.0749. The summed E-state index contributed by atoms with van der Waals surface area (Å²) in [4.78, 5) is 14.5. The molecule has 1 aromatic heterocycles. The molecule has 1 aromatic rings. The Labute approximate surface area is 119 Å². The summed E-state index contributed by atoms with van der Waals surface area (Å²) in [5.41, 5.74) is 0.475. The van der Waals surface area contributed by atoms with Crippen molar-refractivity contribution in [3.63, 3.8) is 0 Å². The Morgan fingerprint density at radius 2 is 2.15 bits per heavy atom. The molecule has 1 amide bonds. The third-order valence-electron chi connectivity index (χ3n) is 4.41. The number of nitrogens with zero attached hydrogens (tertiary/aromatic N) is 3. The predicted octanol–water partition coefficient (Wildman–Crippen LogP) is 2.25. The van der Waals surface area contributed by atoms with Crippen LogP contribution in [-0.4, -0.2) is 45.9 Å². The highest BCUT2D eigenvalue weighted by molar-refractivity contribution is 5.92. The normalized spacial score (nSPS) is 21.9. The number of rotatable bonds is 2. The van der Waals surface area contributed by atoms with E-state index in [4.69, 9.17) is 4.74 Å². The van der Waals surface area contributed by atoms with Gasteiger partial charge in [-0.15, -0.1) is 0 Å². The fraction of sp³-hybridized carbons (Fsp3) is 0.733. The molecule has 5 heteroatoms. The molecule has 20 heavy (non-hydrogen) atoms. The number of hydrogen-bond acceptors (Lipinski definition) is 3. The zero-order chi connectivity index (χ0) is 14.2. The average Bonchev–Trinajstić information content (AvgIpc) is 3.08. The van der Waals surface area contributed by atoms with Crippen LogP contribution >= 0.6 is 0 Å². The minimum Gasteiger partial charge on any atom is -0.371 e. The van der Waals surface area contributed by atoms with Crippen molar-refractivity contribution in [2.45, 2.75) is 51.2 Å². The number of carbonyl (C=O) groups is 1. The zero-order valence-corrected chi connectivity index (χ0v) is 12.3. The Balaban J connectivity index is 1.72. The van der Waals surface area contributed by atoms with Gasteiger partial charge in [-0.1, -0.05) is 12.8 Å². The second-order valence-corrected chi connectivity index (χ2v) is 6.24. The van der Waals surface area contributed by atoms with Gasteiger partial charge in [0.05, 0.1) is 18.8 Å². The van der Waals surface area contributed by atoms with Gasteiger partial charge < -0.3 is 9.64 Å². The lowest BCUT2D eigenvalue weighted by Crippen LogP contribution is -2.52. The van der Waals surface area contributed by atoms with Crippen molar-refractivity contribution in [2.75, 3.05) is 19.7 Å². The summed E-state index contributed by atoms with van der Waals surface area (Å²) in [6.45, 7) is 6.17. The molecule has 1 saturated carbocycles. The highest BCUT2D eigenvalue weighted by Gasteiger charge is 2.40. The van der Waals surface area contributed by atoms with Gasteiger partial charge in [0.1, 0.15) is 5.69 Å². The molecule has 3 rings (SSSR count). The summed E-state index contributed by atoms with van der Waals surface area (Å²) >= 11 is 0. The number of amides is 1. The van der Waals surface area contributed by atoms with Crippen molar-refractivity contribution in [3.8, 4) is 0 Å². The van der Waals surface area contributed by atoms with Gasteiger partial charge in [0.25, 0.3) is 5.91 Å². The summed E-state index contributed by atoms with van der Waals surface area (Å²) in [6, 6.07) is 2.10. The number of ether oxygens (including phenoxy) is 1. The number of morpholine rings is 1. The van der Waals surface area contributed by atoms with Crippen LogP contribution in [0.4, 0.5) is 0 Å². The molecule has 5 nitrogen and oxygen atoms in total. The molecule has 2 heterocycles. The summed E-state index contributed by atoms with van der Waals surface area (Å²) in [6.07, 6.45) is 6.46. The smallest absolute Gasteiger partial charge is 0.274 e. The molecule has 1 spiro atoms. The van der Waals surface area contributed by atoms with Gasteiger partial charge in [-0.2, -0.15) is 5.10 Å². The van der Waals surface area contributed by atoms with E-state index in [0.717, 1.165) is 19.4 Å². The molecule has 2 aliphatic rings. The second-order valence-electron chi connectivity index (χ2n) is 6.24. The molecule has 1 aliphatic carbocycles. The summed E-state index contributed by atoms with van der Waals surface area (Å²) in [5.74, 6) is 0.0407. The standard InChI is InChI=1S/C15H23N3O2/c1-12(2)18-8-5-13(16-18)14(19)17-9-10-20-15(11-17)6-3-4-7-15/h5,8,12H,3-4,6-7,9-11H2,1-2H3. The largest absolute Gasteiger partial charge is 0.371 e. The summed E-state index contributed by atoms with van der Waals surface area (Å²) in [5, 5.41) is 4.38. The van der Waals surface area contributed by atoms with Gasteiger partial charge in [-0.25, -0.2) is 0 Å². The van der Waals surface area contributed by atoms with Crippen LogP contribution in [0.5, 0.6) is 0 Å². The van der Waals surface area contributed by atoms with Crippen molar-refractivity contribution in [3.05, 3.63) is 18.0 Å². The van der Waals surface area contributed by atoms with E-state index in [-0.39, 0.29) is 17.6 Å². The second kappa shape index (κ2) is 5.20. The van der Waals surface area contributed by atoms with Crippen molar-refractivity contribution in [1.82, 2.24) is 14.7 Å². The van der Waals surface area contributed by atoms with Gasteiger partial charge in [0, 0.05) is 18.8 Å². The molecule has 0 N–H and O–H groups in total. The van der Waals surface area contributed by atoms with Crippen LogP contribution in [-0.2, 0) is 4.74 Å². The lowest BCUT2D eigenvalue weighted by Gasteiger charge is -2.40. The molecular formula is C15H23N3O2. The topological polar surface area (TPSA) is 47.4 Å². The van der Waals surface area contributed by atoms with E-state index >= 15 is 0 Å². The van der Waals surface area contributed by atoms with Crippen molar-refractivity contribution >= 4 is 5.91 Å². The Kier molecular flexibility index (Phi) is 3.54. The number of hydrogen-bond donors (Lipinski definition) is 0. The predicted molar refractivity (Wildman–Crippen MR) is 75.7 cm³/mol. The molecule has 1 saturated heterocycles. The molecule has 0 radical (unpaired) electrons. The van der Waals surface area contributed by atoms with Crippen LogP contribution in [0.25, 0.3) is 0 Å². The minimum absolute atomic E-state index is 0.0407. The molecular weight excluding hydrogens is 254 g/mol. The van der Waals surface area contributed by atoms with Crippen LogP contribution in [0.3, 0.4) is 0 Å². The molecule has 0 bridgehead atoms. The van der Waals surface area contributed by atoms with E-state index in [9.17, 15) is 4.79 Å². The van der Waals surface area contributed by atoms with Gasteiger partial charge in [0.15, 0.2) is 0 Å². The first-order valence-electron chi connectivity index (χ1n) is 7.58. The lowest BCUT2D eigenvalue weighted by molar-refractivity contribution is -0.0949. The highest BCUT2D eigenvalue weighted by Crippen LogP contribution is 2.36. The van der Waals surface area contributed by atoms with E-state index in [2.05, 4.69) is 18.9 Å². The molecule has 110 valence electrons. The lowest BCUT2D eigenvalue weighted by atomic mass is 9.99. The molecule has 2 fully saturated rings. The maximum Gasteiger partial charge on any atom is 0.274 e. The van der Waals surface area contributed by atoms with Crippen LogP contribution in [0.2, 0.25) is 0 Å². The van der Waals surface area contributed by atoms with E-state index in [1.165, 1.54) is 12.8 Å². The third-order valence-corrected chi connectivity index (χ3v) is 4.41. The number of aromatic nitrogens is 2. The van der Waals surface area contributed by atoms with Crippen molar-refractivity contribution in [1.29, 1.82) is 0 Å². The zero-order valence-electron chi connectivity index (χ0n) is 12.3. The number of carbonyl (C=O) groups excluding carboxylic acids is 1. The van der Waals surface area contributed by atoms with Crippen molar-refractivity contribution < 1.29 is 9.53 Å². The van der Waals surface area contributed by atoms with Crippen LogP contribution in [0, 0.1) is 0 Å².